The first-order chi connectivity index (χ1) is 10.9. The fourth-order valence-electron chi connectivity index (χ4n) is 2.56. The monoisotopic (exact) mass is 441 g/mol. The van der Waals surface area contributed by atoms with E-state index >= 15 is 0 Å². The number of hydrogen-bond donors (Lipinski definition) is 0. The normalized spacial score (nSPS) is 13.2. The van der Waals surface area contributed by atoms with Crippen molar-refractivity contribution in [3.63, 3.8) is 0 Å². The van der Waals surface area contributed by atoms with Gasteiger partial charge in [-0.3, -0.25) is 0 Å². The Morgan fingerprint density at radius 3 is 2.39 bits per heavy atom. The number of ether oxygens (including phenoxy) is 1. The van der Waals surface area contributed by atoms with Crippen molar-refractivity contribution in [3.8, 4) is 5.75 Å². The second-order valence-corrected chi connectivity index (χ2v) is 8.85. The van der Waals surface area contributed by atoms with Gasteiger partial charge in [-0.2, -0.15) is 0 Å². The molecule has 6 heteroatoms. The van der Waals surface area contributed by atoms with Crippen molar-refractivity contribution in [2.24, 2.45) is 0 Å². The number of fused-ring (bicyclic) bond motifs is 1. The molecular weight excluding hydrogens is 425 g/mol. The van der Waals surface area contributed by atoms with Crippen LogP contribution in [0, 0.1) is 0 Å². The summed E-state index contributed by atoms with van der Waals surface area (Å²) in [6.45, 7) is 1.98. The van der Waals surface area contributed by atoms with E-state index in [1.54, 1.807) is 49.6 Å². The lowest BCUT2D eigenvalue weighted by atomic mass is 10.2. The van der Waals surface area contributed by atoms with Crippen molar-refractivity contribution in [1.82, 2.24) is 3.97 Å². The highest BCUT2D eigenvalue weighted by atomic mass is 127. The zero-order chi connectivity index (χ0) is 16.6. The van der Waals surface area contributed by atoms with Gasteiger partial charge in [-0.25, -0.2) is 12.4 Å². The molecule has 2 aromatic carbocycles. The van der Waals surface area contributed by atoms with Crippen LogP contribution in [0.3, 0.4) is 0 Å². The van der Waals surface area contributed by atoms with Gasteiger partial charge in [0, 0.05) is 15.0 Å². The third-order valence-corrected chi connectivity index (χ3v) is 6.07. The number of benzene rings is 2. The molecule has 1 aromatic heterocycles. The molecule has 0 spiro atoms. The number of halogens is 1. The first kappa shape index (κ1) is 16.3. The summed E-state index contributed by atoms with van der Waals surface area (Å²) in [4.78, 5) is 0.284. The SMILES string of the molecule is COc1ccc2c(c1)cc(C(C)I)n2S(=O)(=O)c1ccccc1. The largest absolute Gasteiger partial charge is 0.497 e. The molecule has 0 aliphatic heterocycles. The van der Waals surface area contributed by atoms with Gasteiger partial charge in [-0.15, -0.1) is 0 Å². The Hall–Kier alpha value is -1.54. The van der Waals surface area contributed by atoms with Crippen LogP contribution in [-0.2, 0) is 10.0 Å². The molecule has 0 fully saturated rings. The summed E-state index contributed by atoms with van der Waals surface area (Å²) in [5.74, 6) is 0.708. The molecular formula is C17H16INO3S. The number of rotatable bonds is 4. The maximum absolute atomic E-state index is 13.1. The first-order valence-electron chi connectivity index (χ1n) is 7.09. The molecule has 4 nitrogen and oxygen atoms in total. The molecule has 0 amide bonds. The molecule has 3 aromatic rings. The van der Waals surface area contributed by atoms with E-state index in [4.69, 9.17) is 4.74 Å². The summed E-state index contributed by atoms with van der Waals surface area (Å²) in [5, 5.41) is 0.849. The second-order valence-electron chi connectivity index (χ2n) is 5.19. The van der Waals surface area contributed by atoms with Gasteiger partial charge >= 0.3 is 0 Å². The molecule has 1 unspecified atom stereocenters. The standard InChI is InChI=1S/C17H16INO3S/c1-12(18)17-11-13-10-14(22-2)8-9-16(13)19(17)23(20,21)15-6-4-3-5-7-15/h3-12H,1-2H3. The number of methoxy groups -OCH3 is 1. The summed E-state index contributed by atoms with van der Waals surface area (Å²) in [7, 11) is -2.05. The fraction of sp³-hybridized carbons (Fsp3) is 0.176. The molecule has 0 N–H and O–H groups in total. The minimum absolute atomic E-state index is 0.0458. The Morgan fingerprint density at radius 1 is 1.09 bits per heavy atom. The Bertz CT molecular complexity index is 947. The van der Waals surface area contributed by atoms with Crippen LogP contribution < -0.4 is 4.74 Å². The van der Waals surface area contributed by atoms with Crippen LogP contribution in [0.25, 0.3) is 10.9 Å². The van der Waals surface area contributed by atoms with Gasteiger partial charge in [-0.05, 0) is 43.3 Å². The highest BCUT2D eigenvalue weighted by molar-refractivity contribution is 14.1. The first-order valence-corrected chi connectivity index (χ1v) is 9.78. The summed E-state index contributed by atoms with van der Waals surface area (Å²) in [5.41, 5.74) is 1.41. The van der Waals surface area contributed by atoms with E-state index in [2.05, 4.69) is 22.6 Å². The number of hydrogen-bond acceptors (Lipinski definition) is 3. The van der Waals surface area contributed by atoms with E-state index in [1.807, 2.05) is 19.1 Å². The zero-order valence-corrected chi connectivity index (χ0v) is 15.7. The Kier molecular flexibility index (Phi) is 4.37. The molecule has 0 bridgehead atoms. The third kappa shape index (κ3) is 2.85. The Morgan fingerprint density at radius 2 is 1.78 bits per heavy atom. The van der Waals surface area contributed by atoms with Crippen LogP contribution in [0.15, 0.2) is 59.5 Å². The quantitative estimate of drug-likeness (QED) is 0.446. The van der Waals surface area contributed by atoms with Crippen LogP contribution in [0.2, 0.25) is 0 Å². The topological polar surface area (TPSA) is 48.3 Å². The fourth-order valence-corrected chi connectivity index (χ4v) is 4.83. The van der Waals surface area contributed by atoms with Gasteiger partial charge in [0.1, 0.15) is 5.75 Å². The van der Waals surface area contributed by atoms with Crippen LogP contribution in [0.1, 0.15) is 16.5 Å². The predicted molar refractivity (Wildman–Crippen MR) is 100.0 cm³/mol. The van der Waals surface area contributed by atoms with Crippen molar-refractivity contribution < 1.29 is 13.2 Å². The molecule has 0 aliphatic carbocycles. The zero-order valence-electron chi connectivity index (χ0n) is 12.7. The van der Waals surface area contributed by atoms with Gasteiger partial charge in [0.25, 0.3) is 10.0 Å². The van der Waals surface area contributed by atoms with Gasteiger partial charge in [0.2, 0.25) is 0 Å². The molecule has 3 rings (SSSR count). The highest BCUT2D eigenvalue weighted by Gasteiger charge is 2.24. The molecule has 0 saturated carbocycles. The lowest BCUT2D eigenvalue weighted by Crippen LogP contribution is -2.15. The van der Waals surface area contributed by atoms with Crippen LogP contribution in [0.4, 0.5) is 0 Å². The smallest absolute Gasteiger partial charge is 0.268 e. The Balaban J connectivity index is 2.33. The lowest BCUT2D eigenvalue weighted by molar-refractivity contribution is 0.415. The highest BCUT2D eigenvalue weighted by Crippen LogP contribution is 2.34. The van der Waals surface area contributed by atoms with Gasteiger partial charge in [-0.1, -0.05) is 40.8 Å². The van der Waals surface area contributed by atoms with Crippen molar-refractivity contribution in [2.45, 2.75) is 15.7 Å². The predicted octanol–water partition coefficient (Wildman–Crippen LogP) is 4.38. The number of nitrogens with zero attached hydrogens (tertiary/aromatic N) is 1. The molecule has 1 heterocycles. The molecule has 0 radical (unpaired) electrons. The molecule has 0 aliphatic rings. The summed E-state index contributed by atoms with van der Waals surface area (Å²) >= 11 is 2.23. The van der Waals surface area contributed by atoms with E-state index in [1.165, 1.54) is 3.97 Å². The van der Waals surface area contributed by atoms with E-state index in [9.17, 15) is 8.42 Å². The second kappa shape index (κ2) is 6.16. The van der Waals surface area contributed by atoms with Crippen LogP contribution in [0.5, 0.6) is 5.75 Å². The van der Waals surface area contributed by atoms with Gasteiger partial charge in [0.05, 0.1) is 17.5 Å². The van der Waals surface area contributed by atoms with Crippen molar-refractivity contribution in [2.75, 3.05) is 7.11 Å². The molecule has 1 atom stereocenters. The average Bonchev–Trinajstić information content (AvgIpc) is 2.95. The maximum Gasteiger partial charge on any atom is 0.268 e. The van der Waals surface area contributed by atoms with Crippen molar-refractivity contribution in [1.29, 1.82) is 0 Å². The average molecular weight is 441 g/mol. The minimum Gasteiger partial charge on any atom is -0.497 e. The lowest BCUT2D eigenvalue weighted by Gasteiger charge is -2.13. The molecule has 23 heavy (non-hydrogen) atoms. The van der Waals surface area contributed by atoms with Gasteiger partial charge < -0.3 is 4.74 Å². The summed E-state index contributed by atoms with van der Waals surface area (Å²) in [6, 6.07) is 15.8. The van der Waals surface area contributed by atoms with Gasteiger partial charge in [0.15, 0.2) is 0 Å². The van der Waals surface area contributed by atoms with E-state index in [-0.39, 0.29) is 8.82 Å². The molecule has 120 valence electrons. The van der Waals surface area contributed by atoms with Crippen molar-refractivity contribution in [3.05, 3.63) is 60.3 Å². The Labute approximate surface area is 149 Å². The number of alkyl halides is 1. The summed E-state index contributed by atoms with van der Waals surface area (Å²) < 4.78 is 33.0. The third-order valence-electron chi connectivity index (χ3n) is 3.68. The van der Waals surface area contributed by atoms with Crippen LogP contribution >= 0.6 is 22.6 Å². The minimum atomic E-state index is -3.65. The number of aromatic nitrogens is 1. The van der Waals surface area contributed by atoms with Crippen LogP contribution in [-0.4, -0.2) is 19.5 Å². The van der Waals surface area contributed by atoms with Crippen molar-refractivity contribution >= 4 is 43.5 Å². The van der Waals surface area contributed by atoms with E-state index in [0.29, 0.717) is 11.3 Å². The van der Waals surface area contributed by atoms with E-state index in [0.717, 1.165) is 11.1 Å². The maximum atomic E-state index is 13.1. The molecule has 0 saturated heterocycles. The summed E-state index contributed by atoms with van der Waals surface area (Å²) in [6.07, 6.45) is 0. The van der Waals surface area contributed by atoms with E-state index < -0.39 is 10.0 Å².